The Balaban J connectivity index is 5.72. The van der Waals surface area contributed by atoms with Crippen molar-refractivity contribution in [2.45, 2.75) is 25.1 Å². The van der Waals surface area contributed by atoms with Crippen LogP contribution in [0, 0.1) is 47.4 Å². The lowest BCUT2D eigenvalue weighted by Gasteiger charge is -2.24. The molecule has 0 heterocycles. The lowest BCUT2D eigenvalue weighted by atomic mass is 10.2. The molecule has 24 heavy (non-hydrogen) atoms. The molecule has 7 nitrogen and oxygen atoms in total. The average molecular weight is 375 g/mol. The Morgan fingerprint density at radius 2 is 1.62 bits per heavy atom. The Morgan fingerprint density at radius 1 is 1.08 bits per heavy atom. The van der Waals surface area contributed by atoms with E-state index in [1.807, 2.05) is 5.92 Å². The number of halogens is 1. The molecule has 0 aromatic rings. The normalized spacial score (nSPS) is 12.7. The van der Waals surface area contributed by atoms with Gasteiger partial charge in [0.15, 0.2) is 12.8 Å². The fourth-order valence-electron chi connectivity index (χ4n) is 1.23. The van der Waals surface area contributed by atoms with Crippen LogP contribution in [-0.2, 0) is 24.9 Å². The molecule has 0 rings (SSSR count). The molecule has 2 N–H and O–H groups in total. The number of hydrogen-bond acceptors (Lipinski definition) is 5. The molecule has 0 aliphatic carbocycles. The molecular formula is C14H14FNO6S2. The highest BCUT2D eigenvalue weighted by Crippen LogP contribution is 2.18. The minimum atomic E-state index is -4.98. The van der Waals surface area contributed by atoms with Gasteiger partial charge in [-0.2, -0.15) is 13.1 Å². The van der Waals surface area contributed by atoms with Gasteiger partial charge in [0, 0.05) is 0 Å². The number of alkyl halides is 1. The predicted molar refractivity (Wildman–Crippen MR) is 85.3 cm³/mol. The first kappa shape index (κ1) is 21.9. The van der Waals surface area contributed by atoms with Gasteiger partial charge in [-0.25, -0.2) is 12.8 Å². The Labute approximate surface area is 141 Å². The van der Waals surface area contributed by atoms with Crippen LogP contribution in [0.5, 0.6) is 0 Å². The van der Waals surface area contributed by atoms with Crippen molar-refractivity contribution in [2.75, 3.05) is 12.8 Å². The maximum Gasteiger partial charge on any atom is 0.296 e. The van der Waals surface area contributed by atoms with E-state index in [2.05, 4.69) is 46.2 Å². The maximum atomic E-state index is 11.9. The lowest BCUT2D eigenvalue weighted by Crippen LogP contribution is -2.53. The van der Waals surface area contributed by atoms with Crippen LogP contribution in [0.15, 0.2) is 0 Å². The standard InChI is InChI=1S/C14H14FNO6S2/c1-3-5-6-7-8-9-10-11-14(4-2,24(19,20)21)16-23(17,18)13-22-12-15/h16H,4,12-13H2,1-2H3,(H,19,20,21). The number of sulfonamides is 1. The van der Waals surface area contributed by atoms with E-state index in [-0.39, 0.29) is 0 Å². The second-order valence-electron chi connectivity index (χ2n) is 3.93. The molecule has 130 valence electrons. The molecule has 1 unspecified atom stereocenters. The number of nitrogens with one attached hydrogen (secondary N) is 1. The summed E-state index contributed by atoms with van der Waals surface area (Å²) in [5, 5.41) is 0. The molecular weight excluding hydrogens is 361 g/mol. The van der Waals surface area contributed by atoms with Crippen LogP contribution in [0.2, 0.25) is 0 Å². The Morgan fingerprint density at radius 3 is 2.08 bits per heavy atom. The van der Waals surface area contributed by atoms with E-state index in [1.165, 1.54) is 6.92 Å². The van der Waals surface area contributed by atoms with Gasteiger partial charge in [0.25, 0.3) is 10.1 Å². The highest BCUT2D eigenvalue weighted by molar-refractivity contribution is 7.92. The van der Waals surface area contributed by atoms with Gasteiger partial charge >= 0.3 is 0 Å². The zero-order valence-electron chi connectivity index (χ0n) is 12.8. The summed E-state index contributed by atoms with van der Waals surface area (Å²) >= 11 is 0. The summed E-state index contributed by atoms with van der Waals surface area (Å²) in [5.41, 5.74) is 0. The van der Waals surface area contributed by atoms with Crippen molar-refractivity contribution < 1.29 is 30.5 Å². The van der Waals surface area contributed by atoms with Gasteiger partial charge < -0.3 is 4.74 Å². The minimum absolute atomic E-state index is 0.442. The minimum Gasteiger partial charge on any atom is -0.333 e. The lowest BCUT2D eigenvalue weighted by molar-refractivity contribution is 0.0879. The van der Waals surface area contributed by atoms with E-state index in [0.717, 1.165) is 0 Å². The summed E-state index contributed by atoms with van der Waals surface area (Å²) in [6.45, 7) is 1.45. The van der Waals surface area contributed by atoms with Gasteiger partial charge in [-0.05, 0) is 54.8 Å². The van der Waals surface area contributed by atoms with Crippen LogP contribution in [0.4, 0.5) is 4.39 Å². The van der Waals surface area contributed by atoms with Crippen molar-refractivity contribution in [1.82, 2.24) is 4.72 Å². The van der Waals surface area contributed by atoms with Crippen molar-refractivity contribution in [2.24, 2.45) is 0 Å². The maximum absolute atomic E-state index is 11.9. The van der Waals surface area contributed by atoms with Crippen molar-refractivity contribution >= 4 is 20.1 Å². The van der Waals surface area contributed by atoms with Crippen molar-refractivity contribution in [3.8, 4) is 47.4 Å². The van der Waals surface area contributed by atoms with Crippen molar-refractivity contribution in [3.63, 3.8) is 0 Å². The van der Waals surface area contributed by atoms with Crippen LogP contribution >= 0.6 is 0 Å². The second kappa shape index (κ2) is 9.95. The van der Waals surface area contributed by atoms with Gasteiger partial charge in [-0.1, -0.05) is 12.8 Å². The largest absolute Gasteiger partial charge is 0.333 e. The first-order chi connectivity index (χ1) is 11.1. The zero-order valence-corrected chi connectivity index (χ0v) is 14.4. The third kappa shape index (κ3) is 7.48. The molecule has 0 saturated carbocycles. The fraction of sp³-hybridized carbons (Fsp3) is 0.429. The van der Waals surface area contributed by atoms with E-state index in [9.17, 15) is 25.8 Å². The zero-order chi connectivity index (χ0) is 18.7. The summed E-state index contributed by atoms with van der Waals surface area (Å²) < 4.78 is 73.5. The van der Waals surface area contributed by atoms with Gasteiger partial charge in [0.2, 0.25) is 14.9 Å². The SMILES string of the molecule is CC#CC#CC#CC#CC(CC)(NS(=O)(=O)COCF)S(=O)(=O)O. The molecule has 0 fully saturated rings. The summed E-state index contributed by atoms with van der Waals surface area (Å²) in [7, 11) is -9.38. The van der Waals surface area contributed by atoms with Crippen LogP contribution in [0.25, 0.3) is 0 Å². The van der Waals surface area contributed by atoms with Crippen LogP contribution in [0.1, 0.15) is 20.3 Å². The van der Waals surface area contributed by atoms with Crippen LogP contribution < -0.4 is 4.72 Å². The van der Waals surface area contributed by atoms with Gasteiger partial charge in [0.05, 0.1) is 0 Å². The topological polar surface area (TPSA) is 110 Å². The predicted octanol–water partition coefficient (Wildman–Crippen LogP) is -0.165. The molecule has 0 saturated heterocycles. The molecule has 0 spiro atoms. The first-order valence-electron chi connectivity index (χ1n) is 6.20. The summed E-state index contributed by atoms with van der Waals surface area (Å²) in [6.07, 6.45) is -0.442. The van der Waals surface area contributed by atoms with E-state index in [1.54, 1.807) is 11.6 Å². The fourth-order valence-corrected chi connectivity index (χ4v) is 3.61. The quantitative estimate of drug-likeness (QED) is 0.472. The Kier molecular flexibility index (Phi) is 9.10. The van der Waals surface area contributed by atoms with Crippen LogP contribution in [-0.4, -0.2) is 39.1 Å². The second-order valence-corrected chi connectivity index (χ2v) is 7.24. The van der Waals surface area contributed by atoms with E-state index >= 15 is 0 Å². The number of hydrogen-bond donors (Lipinski definition) is 2. The van der Waals surface area contributed by atoms with Gasteiger partial charge in [-0.15, -0.1) is 0 Å². The van der Waals surface area contributed by atoms with Crippen LogP contribution in [0.3, 0.4) is 0 Å². The third-order valence-corrected chi connectivity index (χ3v) is 4.92. The molecule has 0 radical (unpaired) electrons. The number of ether oxygens (including phenoxy) is 1. The molecule has 0 bridgehead atoms. The molecule has 0 aromatic heterocycles. The summed E-state index contributed by atoms with van der Waals surface area (Å²) in [6, 6.07) is 0. The smallest absolute Gasteiger partial charge is 0.296 e. The highest BCUT2D eigenvalue weighted by atomic mass is 32.2. The molecule has 1 atom stereocenters. The third-order valence-electron chi connectivity index (χ3n) is 2.28. The average Bonchev–Trinajstić information content (AvgIpc) is 2.49. The van der Waals surface area contributed by atoms with E-state index in [0.29, 0.717) is 0 Å². The van der Waals surface area contributed by atoms with Crippen molar-refractivity contribution in [1.29, 1.82) is 0 Å². The Bertz CT molecular complexity index is 895. The monoisotopic (exact) mass is 375 g/mol. The van der Waals surface area contributed by atoms with E-state index in [4.69, 9.17) is 0 Å². The Hall–Kier alpha value is -2.05. The van der Waals surface area contributed by atoms with E-state index < -0.39 is 44.2 Å². The molecule has 0 aliphatic rings. The summed E-state index contributed by atoms with van der Waals surface area (Å²) in [5.74, 6) is 17.0. The first-order valence-corrected chi connectivity index (χ1v) is 9.29. The summed E-state index contributed by atoms with van der Waals surface area (Å²) in [4.78, 5) is -2.54. The van der Waals surface area contributed by atoms with Crippen molar-refractivity contribution in [3.05, 3.63) is 0 Å². The molecule has 0 aliphatic heterocycles. The van der Waals surface area contributed by atoms with Gasteiger partial charge in [0.1, 0.15) is 0 Å². The number of rotatable bonds is 7. The van der Waals surface area contributed by atoms with Gasteiger partial charge in [-0.3, -0.25) is 4.55 Å². The molecule has 0 aromatic carbocycles. The molecule has 0 amide bonds. The highest BCUT2D eigenvalue weighted by Gasteiger charge is 2.43. The molecule has 10 heteroatoms.